The van der Waals surface area contributed by atoms with Gasteiger partial charge in [-0.15, -0.1) is 0 Å². The zero-order valence-corrected chi connectivity index (χ0v) is 17.3. The van der Waals surface area contributed by atoms with E-state index < -0.39 is 0 Å². The summed E-state index contributed by atoms with van der Waals surface area (Å²) in [6.07, 6.45) is 4.70. The average molecular weight is 395 g/mol. The second-order valence-corrected chi connectivity index (χ2v) is 7.55. The topological polar surface area (TPSA) is 72.7 Å². The van der Waals surface area contributed by atoms with Gasteiger partial charge in [-0.1, -0.05) is 23.4 Å². The summed E-state index contributed by atoms with van der Waals surface area (Å²) in [6.45, 7) is 10.7. The van der Waals surface area contributed by atoms with Gasteiger partial charge in [-0.05, 0) is 31.4 Å². The van der Waals surface area contributed by atoms with Crippen LogP contribution in [0.1, 0.15) is 23.7 Å². The van der Waals surface area contributed by atoms with E-state index in [1.807, 2.05) is 6.07 Å². The third-order valence-corrected chi connectivity index (χ3v) is 5.54. The summed E-state index contributed by atoms with van der Waals surface area (Å²) in [6, 6.07) is 8.40. The van der Waals surface area contributed by atoms with Gasteiger partial charge in [-0.3, -0.25) is 9.89 Å². The first-order valence-electron chi connectivity index (χ1n) is 10.4. The van der Waals surface area contributed by atoms with Crippen LogP contribution in [-0.4, -0.2) is 65.2 Å². The lowest BCUT2D eigenvalue weighted by Gasteiger charge is -2.36. The van der Waals surface area contributed by atoms with Gasteiger partial charge in [0.25, 0.3) is 0 Å². The number of aromatic nitrogens is 2. The SMILES string of the molecule is CCNC(=NCCc1c[nH]c2c(C)cccc12)N1CCN(Cc2ccon2)CC1. The van der Waals surface area contributed by atoms with Crippen LogP contribution in [0.2, 0.25) is 0 Å². The number of piperazine rings is 1. The van der Waals surface area contributed by atoms with Gasteiger partial charge in [0.2, 0.25) is 0 Å². The zero-order valence-electron chi connectivity index (χ0n) is 17.3. The summed E-state index contributed by atoms with van der Waals surface area (Å²) < 4.78 is 4.94. The number of hydrogen-bond acceptors (Lipinski definition) is 4. The zero-order chi connectivity index (χ0) is 20.1. The van der Waals surface area contributed by atoms with E-state index in [0.717, 1.165) is 63.9 Å². The molecular weight excluding hydrogens is 364 g/mol. The number of benzene rings is 1. The Hall–Kier alpha value is -2.80. The van der Waals surface area contributed by atoms with Crippen LogP contribution in [0.15, 0.2) is 46.2 Å². The van der Waals surface area contributed by atoms with Crippen LogP contribution in [0.4, 0.5) is 0 Å². The quantitative estimate of drug-likeness (QED) is 0.497. The molecule has 7 heteroatoms. The van der Waals surface area contributed by atoms with E-state index in [1.165, 1.54) is 22.0 Å². The highest BCUT2D eigenvalue weighted by Crippen LogP contribution is 2.21. The Morgan fingerprint density at radius 2 is 2.10 bits per heavy atom. The molecule has 0 aliphatic carbocycles. The van der Waals surface area contributed by atoms with Crippen molar-refractivity contribution in [2.24, 2.45) is 4.99 Å². The van der Waals surface area contributed by atoms with E-state index in [-0.39, 0.29) is 0 Å². The molecule has 0 saturated carbocycles. The maximum atomic E-state index is 4.94. The lowest BCUT2D eigenvalue weighted by molar-refractivity contribution is 0.169. The number of nitrogens with one attached hydrogen (secondary N) is 2. The number of para-hydroxylation sites is 1. The van der Waals surface area contributed by atoms with Crippen LogP contribution in [0.5, 0.6) is 0 Å². The van der Waals surface area contributed by atoms with Crippen molar-refractivity contribution in [2.45, 2.75) is 26.8 Å². The summed E-state index contributed by atoms with van der Waals surface area (Å²) in [5.74, 6) is 1.02. The van der Waals surface area contributed by atoms with Crippen molar-refractivity contribution >= 4 is 16.9 Å². The molecular formula is C22H30N6O. The average Bonchev–Trinajstić information content (AvgIpc) is 3.39. The molecule has 3 heterocycles. The molecule has 1 aliphatic heterocycles. The van der Waals surface area contributed by atoms with Crippen molar-refractivity contribution in [3.8, 4) is 0 Å². The smallest absolute Gasteiger partial charge is 0.194 e. The minimum absolute atomic E-state index is 0.780. The molecule has 1 fully saturated rings. The summed E-state index contributed by atoms with van der Waals surface area (Å²) in [4.78, 5) is 13.1. The molecule has 0 spiro atoms. The highest BCUT2D eigenvalue weighted by atomic mass is 16.5. The summed E-state index contributed by atoms with van der Waals surface area (Å²) >= 11 is 0. The van der Waals surface area contributed by atoms with Gasteiger partial charge in [0.05, 0.1) is 5.69 Å². The fourth-order valence-corrected chi connectivity index (χ4v) is 3.94. The molecule has 1 saturated heterocycles. The third-order valence-electron chi connectivity index (χ3n) is 5.54. The molecule has 0 amide bonds. The van der Waals surface area contributed by atoms with Crippen molar-refractivity contribution < 1.29 is 4.52 Å². The van der Waals surface area contributed by atoms with Crippen LogP contribution in [0.25, 0.3) is 10.9 Å². The number of H-pyrrole nitrogens is 1. The number of fused-ring (bicyclic) bond motifs is 1. The normalized spacial score (nSPS) is 15.9. The monoisotopic (exact) mass is 394 g/mol. The van der Waals surface area contributed by atoms with Gasteiger partial charge in [-0.25, -0.2) is 0 Å². The second kappa shape index (κ2) is 9.13. The lowest BCUT2D eigenvalue weighted by Crippen LogP contribution is -2.52. The highest BCUT2D eigenvalue weighted by molar-refractivity contribution is 5.86. The van der Waals surface area contributed by atoms with Crippen molar-refractivity contribution in [3.63, 3.8) is 0 Å². The van der Waals surface area contributed by atoms with Gasteiger partial charge in [0.1, 0.15) is 6.26 Å². The lowest BCUT2D eigenvalue weighted by atomic mass is 10.1. The Morgan fingerprint density at radius 1 is 1.24 bits per heavy atom. The number of aryl methyl sites for hydroxylation is 1. The molecule has 4 rings (SSSR count). The molecule has 0 atom stereocenters. The van der Waals surface area contributed by atoms with E-state index in [0.29, 0.717) is 0 Å². The number of aliphatic imine (C=N–C) groups is 1. The molecule has 3 aromatic rings. The van der Waals surface area contributed by atoms with E-state index in [9.17, 15) is 0 Å². The first kappa shape index (κ1) is 19.5. The predicted octanol–water partition coefficient (Wildman–Crippen LogP) is 2.79. The molecule has 0 bridgehead atoms. The van der Waals surface area contributed by atoms with E-state index in [4.69, 9.17) is 9.52 Å². The number of guanidine groups is 1. The Morgan fingerprint density at radius 3 is 2.86 bits per heavy atom. The molecule has 0 radical (unpaired) electrons. The Bertz CT molecular complexity index is 938. The van der Waals surface area contributed by atoms with Crippen LogP contribution >= 0.6 is 0 Å². The maximum absolute atomic E-state index is 4.94. The molecule has 7 nitrogen and oxygen atoms in total. The Labute approximate surface area is 171 Å². The van der Waals surface area contributed by atoms with Gasteiger partial charge >= 0.3 is 0 Å². The Kier molecular flexibility index (Phi) is 6.14. The van der Waals surface area contributed by atoms with Crippen molar-refractivity contribution in [3.05, 3.63) is 53.5 Å². The third kappa shape index (κ3) is 4.62. The molecule has 2 aromatic heterocycles. The van der Waals surface area contributed by atoms with Crippen molar-refractivity contribution in [1.29, 1.82) is 0 Å². The summed E-state index contributed by atoms with van der Waals surface area (Å²) in [5.41, 5.74) is 4.85. The van der Waals surface area contributed by atoms with E-state index >= 15 is 0 Å². The Balaban J connectivity index is 1.34. The standard InChI is InChI=1S/C22H30N6O/c1-3-23-22(28-12-10-27(11-13-28)16-19-8-14-29-26-19)24-9-7-18-15-25-21-17(2)5-4-6-20(18)21/h4-6,8,14-15,25H,3,7,9-13,16H2,1-2H3,(H,23,24). The van der Waals surface area contributed by atoms with Crippen molar-refractivity contribution in [2.75, 3.05) is 39.3 Å². The summed E-state index contributed by atoms with van der Waals surface area (Å²) in [5, 5.41) is 8.79. The van der Waals surface area contributed by atoms with Gasteiger partial charge in [-0.2, -0.15) is 0 Å². The van der Waals surface area contributed by atoms with Crippen LogP contribution in [-0.2, 0) is 13.0 Å². The number of rotatable bonds is 6. The number of hydrogen-bond donors (Lipinski definition) is 2. The van der Waals surface area contributed by atoms with Crippen LogP contribution < -0.4 is 5.32 Å². The van der Waals surface area contributed by atoms with Gasteiger partial charge in [0, 0.05) is 69.0 Å². The largest absolute Gasteiger partial charge is 0.364 e. The minimum Gasteiger partial charge on any atom is -0.364 e. The molecule has 1 aliphatic rings. The first-order valence-corrected chi connectivity index (χ1v) is 10.4. The fraction of sp³-hybridized carbons (Fsp3) is 0.455. The number of aromatic amines is 1. The van der Waals surface area contributed by atoms with E-state index in [1.54, 1.807) is 6.26 Å². The predicted molar refractivity (Wildman–Crippen MR) is 116 cm³/mol. The van der Waals surface area contributed by atoms with E-state index in [2.05, 4.69) is 63.5 Å². The molecule has 2 N–H and O–H groups in total. The second-order valence-electron chi connectivity index (χ2n) is 7.55. The summed E-state index contributed by atoms with van der Waals surface area (Å²) in [7, 11) is 0. The minimum atomic E-state index is 0.780. The molecule has 1 aromatic carbocycles. The van der Waals surface area contributed by atoms with Gasteiger partial charge in [0.15, 0.2) is 5.96 Å². The van der Waals surface area contributed by atoms with Gasteiger partial charge < -0.3 is 19.7 Å². The fourth-order valence-electron chi connectivity index (χ4n) is 3.94. The first-order chi connectivity index (χ1) is 14.2. The highest BCUT2D eigenvalue weighted by Gasteiger charge is 2.20. The molecule has 29 heavy (non-hydrogen) atoms. The number of nitrogens with zero attached hydrogens (tertiary/aromatic N) is 4. The molecule has 154 valence electrons. The molecule has 0 unspecified atom stereocenters. The van der Waals surface area contributed by atoms with Crippen molar-refractivity contribution in [1.82, 2.24) is 25.3 Å². The van der Waals surface area contributed by atoms with Crippen LogP contribution in [0, 0.1) is 6.92 Å². The maximum Gasteiger partial charge on any atom is 0.194 e. The van der Waals surface area contributed by atoms with Crippen LogP contribution in [0.3, 0.4) is 0 Å².